The molecule has 0 amide bonds. The molecule has 0 unspecified atom stereocenters. The van der Waals surface area contributed by atoms with Crippen LogP contribution in [-0.2, 0) is 0 Å². The van der Waals surface area contributed by atoms with Crippen LogP contribution in [0.4, 0.5) is 11.4 Å². The quantitative estimate of drug-likeness (QED) is 0.313. The van der Waals surface area contributed by atoms with E-state index in [1.54, 1.807) is 0 Å². The lowest BCUT2D eigenvalue weighted by molar-refractivity contribution is 1.56. The average molecular weight is 402 g/mol. The SMILES string of the molecule is c1ccc(-c2ccc(Nc3ccc4sc5ccc6ccccc6c5c4c3)cc2)cc1. The van der Waals surface area contributed by atoms with Crippen molar-refractivity contribution in [3.8, 4) is 11.1 Å². The first kappa shape index (κ1) is 17.3. The van der Waals surface area contributed by atoms with Crippen LogP contribution in [0, 0.1) is 0 Å². The van der Waals surface area contributed by atoms with Crippen LogP contribution in [0.15, 0.2) is 109 Å². The predicted molar refractivity (Wildman–Crippen MR) is 132 cm³/mol. The largest absolute Gasteiger partial charge is 0.356 e. The zero-order chi connectivity index (χ0) is 19.9. The summed E-state index contributed by atoms with van der Waals surface area (Å²) in [5.74, 6) is 0. The predicted octanol–water partition coefficient (Wildman–Crippen LogP) is 8.62. The lowest BCUT2D eigenvalue weighted by Crippen LogP contribution is -1.89. The summed E-state index contributed by atoms with van der Waals surface area (Å²) in [7, 11) is 0. The van der Waals surface area contributed by atoms with Crippen molar-refractivity contribution in [3.05, 3.63) is 109 Å². The fraction of sp³-hybridized carbons (Fsp3) is 0. The van der Waals surface area contributed by atoms with Gasteiger partial charge in [0.15, 0.2) is 0 Å². The molecule has 0 aliphatic rings. The minimum absolute atomic E-state index is 1.10. The van der Waals surface area contributed by atoms with E-state index in [-0.39, 0.29) is 0 Å². The van der Waals surface area contributed by atoms with Gasteiger partial charge >= 0.3 is 0 Å². The van der Waals surface area contributed by atoms with E-state index < -0.39 is 0 Å². The minimum Gasteiger partial charge on any atom is -0.356 e. The highest BCUT2D eigenvalue weighted by Crippen LogP contribution is 2.39. The molecule has 0 radical (unpaired) electrons. The Labute approximate surface area is 179 Å². The molecule has 0 atom stereocenters. The number of nitrogens with one attached hydrogen (secondary N) is 1. The number of hydrogen-bond acceptors (Lipinski definition) is 2. The van der Waals surface area contributed by atoms with Crippen molar-refractivity contribution in [2.24, 2.45) is 0 Å². The zero-order valence-corrected chi connectivity index (χ0v) is 17.1. The van der Waals surface area contributed by atoms with Crippen LogP contribution in [-0.4, -0.2) is 0 Å². The van der Waals surface area contributed by atoms with Crippen LogP contribution in [0.1, 0.15) is 0 Å². The molecule has 0 aliphatic carbocycles. The number of benzene rings is 5. The summed E-state index contributed by atoms with van der Waals surface area (Å²) in [6.07, 6.45) is 0. The van der Waals surface area contributed by atoms with Gasteiger partial charge in [-0.2, -0.15) is 0 Å². The summed E-state index contributed by atoms with van der Waals surface area (Å²) in [5, 5.41) is 8.87. The highest BCUT2D eigenvalue weighted by Gasteiger charge is 2.09. The zero-order valence-electron chi connectivity index (χ0n) is 16.3. The molecule has 2 heteroatoms. The van der Waals surface area contributed by atoms with Crippen molar-refractivity contribution in [1.82, 2.24) is 0 Å². The van der Waals surface area contributed by atoms with Crippen molar-refractivity contribution in [3.63, 3.8) is 0 Å². The Morgan fingerprint density at radius 1 is 0.500 bits per heavy atom. The van der Waals surface area contributed by atoms with Gasteiger partial charge in [0.1, 0.15) is 0 Å². The van der Waals surface area contributed by atoms with Crippen molar-refractivity contribution in [2.75, 3.05) is 5.32 Å². The summed E-state index contributed by atoms with van der Waals surface area (Å²) in [4.78, 5) is 0. The van der Waals surface area contributed by atoms with Crippen LogP contribution in [0.2, 0.25) is 0 Å². The molecule has 0 spiro atoms. The smallest absolute Gasteiger partial charge is 0.0391 e. The number of anilines is 2. The van der Waals surface area contributed by atoms with Crippen LogP contribution in [0.5, 0.6) is 0 Å². The van der Waals surface area contributed by atoms with Crippen molar-refractivity contribution in [2.45, 2.75) is 0 Å². The van der Waals surface area contributed by atoms with Crippen LogP contribution >= 0.6 is 11.3 Å². The monoisotopic (exact) mass is 401 g/mol. The topological polar surface area (TPSA) is 12.0 Å². The van der Waals surface area contributed by atoms with Gasteiger partial charge in [-0.3, -0.25) is 0 Å². The van der Waals surface area contributed by atoms with Crippen molar-refractivity contribution >= 4 is 53.7 Å². The van der Waals surface area contributed by atoms with E-state index in [4.69, 9.17) is 0 Å². The van der Waals surface area contributed by atoms with Crippen molar-refractivity contribution in [1.29, 1.82) is 0 Å². The maximum atomic E-state index is 3.58. The second-order valence-electron chi connectivity index (χ2n) is 7.54. The lowest BCUT2D eigenvalue weighted by Gasteiger charge is -2.08. The Morgan fingerprint density at radius 2 is 1.20 bits per heavy atom. The molecule has 0 aliphatic heterocycles. The fourth-order valence-electron chi connectivity index (χ4n) is 4.17. The summed E-state index contributed by atoms with van der Waals surface area (Å²) < 4.78 is 2.67. The summed E-state index contributed by atoms with van der Waals surface area (Å²) in [5.41, 5.74) is 4.68. The van der Waals surface area contributed by atoms with E-state index in [1.807, 2.05) is 17.4 Å². The highest BCUT2D eigenvalue weighted by molar-refractivity contribution is 7.26. The summed E-state index contributed by atoms with van der Waals surface area (Å²) in [6.45, 7) is 0. The van der Waals surface area contributed by atoms with E-state index >= 15 is 0 Å². The summed E-state index contributed by atoms with van der Waals surface area (Å²) in [6, 6.07) is 38.9. The maximum absolute atomic E-state index is 3.58. The molecule has 0 saturated heterocycles. The van der Waals surface area contributed by atoms with Gasteiger partial charge in [-0.15, -0.1) is 11.3 Å². The van der Waals surface area contributed by atoms with Gasteiger partial charge in [0.2, 0.25) is 0 Å². The Morgan fingerprint density at radius 3 is 2.07 bits per heavy atom. The first-order valence-electron chi connectivity index (χ1n) is 10.1. The third-order valence-corrected chi connectivity index (χ3v) is 6.78. The van der Waals surface area contributed by atoms with Crippen LogP contribution in [0.3, 0.4) is 0 Å². The number of rotatable bonds is 3. The molecule has 1 N–H and O–H groups in total. The standard InChI is InChI=1S/C28H19NS/c1-2-6-19(7-3-1)20-10-13-22(14-11-20)29-23-15-17-26-25(18-23)28-24-9-5-4-8-21(24)12-16-27(28)30-26/h1-18,29H. The van der Waals surface area contributed by atoms with Gasteiger partial charge < -0.3 is 5.32 Å². The van der Waals surface area contributed by atoms with E-state index in [2.05, 4.69) is 108 Å². The van der Waals surface area contributed by atoms with Crippen LogP contribution < -0.4 is 5.32 Å². The lowest BCUT2D eigenvalue weighted by atomic mass is 10.0. The molecule has 5 aromatic carbocycles. The third-order valence-electron chi connectivity index (χ3n) is 5.64. The molecular weight excluding hydrogens is 382 g/mol. The number of thiophene rings is 1. The minimum atomic E-state index is 1.10. The van der Waals surface area contributed by atoms with Gasteiger partial charge in [0.05, 0.1) is 0 Å². The number of fused-ring (bicyclic) bond motifs is 5. The molecule has 142 valence electrons. The second kappa shape index (κ2) is 7.01. The Balaban J connectivity index is 1.40. The normalized spacial score (nSPS) is 11.3. The van der Waals surface area contributed by atoms with Gasteiger partial charge in [-0.1, -0.05) is 72.8 Å². The van der Waals surface area contributed by atoms with E-state index in [1.165, 1.54) is 42.1 Å². The van der Waals surface area contributed by atoms with Gasteiger partial charge in [0.25, 0.3) is 0 Å². The Hall–Kier alpha value is -3.62. The highest BCUT2D eigenvalue weighted by atomic mass is 32.1. The second-order valence-corrected chi connectivity index (χ2v) is 8.62. The molecule has 6 rings (SSSR count). The molecule has 30 heavy (non-hydrogen) atoms. The molecule has 0 bridgehead atoms. The summed E-state index contributed by atoms with van der Waals surface area (Å²) >= 11 is 1.86. The Kier molecular flexibility index (Phi) is 4.03. The maximum Gasteiger partial charge on any atom is 0.0391 e. The molecule has 1 heterocycles. The molecule has 6 aromatic rings. The Bertz CT molecular complexity index is 1490. The third kappa shape index (κ3) is 2.94. The molecule has 1 aromatic heterocycles. The van der Waals surface area contributed by atoms with E-state index in [0.29, 0.717) is 0 Å². The first-order chi connectivity index (χ1) is 14.8. The average Bonchev–Trinajstić information content (AvgIpc) is 3.19. The van der Waals surface area contributed by atoms with Gasteiger partial charge in [-0.05, 0) is 58.3 Å². The van der Waals surface area contributed by atoms with E-state index in [9.17, 15) is 0 Å². The molecular formula is C28H19NS. The van der Waals surface area contributed by atoms with Crippen LogP contribution in [0.25, 0.3) is 42.1 Å². The first-order valence-corrected chi connectivity index (χ1v) is 10.9. The van der Waals surface area contributed by atoms with Gasteiger partial charge in [0, 0.05) is 31.5 Å². The fourth-order valence-corrected chi connectivity index (χ4v) is 5.27. The molecule has 0 fully saturated rings. The van der Waals surface area contributed by atoms with Crippen molar-refractivity contribution < 1.29 is 0 Å². The molecule has 0 saturated carbocycles. The van der Waals surface area contributed by atoms with E-state index in [0.717, 1.165) is 11.4 Å². The molecule has 1 nitrogen and oxygen atoms in total. The number of hydrogen-bond donors (Lipinski definition) is 1. The van der Waals surface area contributed by atoms with Gasteiger partial charge in [-0.25, -0.2) is 0 Å².